The SMILES string of the molecule is CC(C)OC(=O)[C@H]1C2CCC(C2)[C@H]1C(=O)NS(C)(=O)=O. The van der Waals surface area contributed by atoms with Gasteiger partial charge in [0.1, 0.15) is 0 Å². The summed E-state index contributed by atoms with van der Waals surface area (Å²) < 4.78 is 29.7. The number of ether oxygens (including phenoxy) is 1. The van der Waals surface area contributed by atoms with Crippen LogP contribution in [-0.4, -0.2) is 32.7 Å². The molecule has 0 aromatic carbocycles. The summed E-state index contributed by atoms with van der Waals surface area (Å²) in [5.41, 5.74) is 0. The van der Waals surface area contributed by atoms with Crippen molar-refractivity contribution in [2.24, 2.45) is 23.7 Å². The molecule has 0 saturated heterocycles. The van der Waals surface area contributed by atoms with Crippen molar-refractivity contribution in [2.45, 2.75) is 39.2 Å². The molecule has 20 heavy (non-hydrogen) atoms. The molecule has 0 aromatic rings. The van der Waals surface area contributed by atoms with Gasteiger partial charge in [0, 0.05) is 0 Å². The molecular formula is C13H21NO5S. The molecular weight excluding hydrogens is 282 g/mol. The zero-order chi connectivity index (χ0) is 15.1. The third-order valence-corrected chi connectivity index (χ3v) is 4.70. The van der Waals surface area contributed by atoms with E-state index in [9.17, 15) is 18.0 Å². The highest BCUT2D eigenvalue weighted by molar-refractivity contribution is 7.89. The summed E-state index contributed by atoms with van der Waals surface area (Å²) in [5.74, 6) is -1.79. The number of nitrogens with one attached hydrogen (secondary N) is 1. The second-order valence-electron chi connectivity index (χ2n) is 6.11. The number of amides is 1. The van der Waals surface area contributed by atoms with Gasteiger partial charge in [-0.15, -0.1) is 0 Å². The Kier molecular flexibility index (Phi) is 4.09. The van der Waals surface area contributed by atoms with E-state index in [2.05, 4.69) is 0 Å². The number of fused-ring (bicyclic) bond motifs is 2. The highest BCUT2D eigenvalue weighted by Crippen LogP contribution is 2.52. The van der Waals surface area contributed by atoms with Gasteiger partial charge in [0.25, 0.3) is 0 Å². The molecule has 2 fully saturated rings. The topological polar surface area (TPSA) is 89.5 Å². The maximum Gasteiger partial charge on any atom is 0.310 e. The van der Waals surface area contributed by atoms with E-state index in [1.165, 1.54) is 0 Å². The van der Waals surface area contributed by atoms with Crippen molar-refractivity contribution in [3.05, 3.63) is 0 Å². The summed E-state index contributed by atoms with van der Waals surface area (Å²) in [7, 11) is -3.60. The quantitative estimate of drug-likeness (QED) is 0.771. The van der Waals surface area contributed by atoms with Crippen molar-refractivity contribution in [3.8, 4) is 0 Å². The molecule has 6 nitrogen and oxygen atoms in total. The van der Waals surface area contributed by atoms with E-state index in [0.717, 1.165) is 25.5 Å². The number of rotatable bonds is 4. The number of sulfonamides is 1. The van der Waals surface area contributed by atoms with Crippen LogP contribution in [0.5, 0.6) is 0 Å². The van der Waals surface area contributed by atoms with Gasteiger partial charge in [0.2, 0.25) is 15.9 Å². The summed E-state index contributed by atoms with van der Waals surface area (Å²) in [6.45, 7) is 3.52. The van der Waals surface area contributed by atoms with Gasteiger partial charge in [0.05, 0.1) is 24.2 Å². The Labute approximate surface area is 119 Å². The lowest BCUT2D eigenvalue weighted by Gasteiger charge is -2.28. The number of esters is 1. The summed E-state index contributed by atoms with van der Waals surface area (Å²) in [6.07, 6.45) is 3.29. The van der Waals surface area contributed by atoms with Crippen LogP contribution in [0.3, 0.4) is 0 Å². The van der Waals surface area contributed by atoms with Gasteiger partial charge in [0.15, 0.2) is 0 Å². The first-order chi connectivity index (χ1) is 9.19. The Morgan fingerprint density at radius 3 is 2.20 bits per heavy atom. The molecule has 2 rings (SSSR count). The Morgan fingerprint density at radius 1 is 1.15 bits per heavy atom. The third kappa shape index (κ3) is 3.13. The molecule has 7 heteroatoms. The van der Waals surface area contributed by atoms with Crippen LogP contribution in [0.4, 0.5) is 0 Å². The largest absolute Gasteiger partial charge is 0.463 e. The number of hydrogen-bond acceptors (Lipinski definition) is 5. The van der Waals surface area contributed by atoms with Gasteiger partial charge in [-0.1, -0.05) is 0 Å². The highest BCUT2D eigenvalue weighted by atomic mass is 32.2. The van der Waals surface area contributed by atoms with E-state index < -0.39 is 27.8 Å². The van der Waals surface area contributed by atoms with Gasteiger partial charge < -0.3 is 4.74 Å². The zero-order valence-electron chi connectivity index (χ0n) is 12.0. The minimum Gasteiger partial charge on any atom is -0.463 e. The van der Waals surface area contributed by atoms with Crippen molar-refractivity contribution in [2.75, 3.05) is 6.26 Å². The van der Waals surface area contributed by atoms with Gasteiger partial charge in [-0.05, 0) is 44.9 Å². The fourth-order valence-electron chi connectivity index (χ4n) is 3.57. The van der Waals surface area contributed by atoms with E-state index >= 15 is 0 Å². The van der Waals surface area contributed by atoms with E-state index in [4.69, 9.17) is 4.74 Å². The van der Waals surface area contributed by atoms with E-state index in [1.807, 2.05) is 4.72 Å². The van der Waals surface area contributed by atoms with E-state index in [0.29, 0.717) is 0 Å². The van der Waals surface area contributed by atoms with Crippen molar-refractivity contribution < 1.29 is 22.7 Å². The van der Waals surface area contributed by atoms with Crippen molar-refractivity contribution in [3.63, 3.8) is 0 Å². The predicted octanol–water partition coefficient (Wildman–Crippen LogP) is 0.676. The molecule has 2 aliphatic rings. The third-order valence-electron chi connectivity index (χ3n) is 4.13. The first kappa shape index (κ1) is 15.3. The Balaban J connectivity index is 2.16. The fraction of sp³-hybridized carbons (Fsp3) is 0.846. The van der Waals surface area contributed by atoms with Crippen LogP contribution in [0.1, 0.15) is 33.1 Å². The second kappa shape index (κ2) is 5.35. The van der Waals surface area contributed by atoms with Crippen LogP contribution < -0.4 is 4.72 Å². The van der Waals surface area contributed by atoms with Crippen LogP contribution in [-0.2, 0) is 24.3 Å². The molecule has 2 aliphatic carbocycles. The fourth-order valence-corrected chi connectivity index (χ4v) is 4.07. The molecule has 1 amide bonds. The normalized spacial score (nSPS) is 32.4. The molecule has 2 bridgehead atoms. The highest BCUT2D eigenvalue weighted by Gasteiger charge is 2.54. The van der Waals surface area contributed by atoms with E-state index in [-0.39, 0.29) is 23.9 Å². The smallest absolute Gasteiger partial charge is 0.310 e. The Morgan fingerprint density at radius 2 is 1.70 bits per heavy atom. The molecule has 0 aliphatic heterocycles. The van der Waals surface area contributed by atoms with Gasteiger partial charge >= 0.3 is 5.97 Å². The maximum absolute atomic E-state index is 12.2. The van der Waals surface area contributed by atoms with Crippen molar-refractivity contribution >= 4 is 21.9 Å². The van der Waals surface area contributed by atoms with Gasteiger partial charge in [-0.2, -0.15) is 0 Å². The lowest BCUT2D eigenvalue weighted by atomic mass is 9.79. The predicted molar refractivity (Wildman–Crippen MR) is 72.0 cm³/mol. The average Bonchev–Trinajstić information content (AvgIpc) is 2.84. The lowest BCUT2D eigenvalue weighted by Crippen LogP contribution is -2.43. The minimum absolute atomic E-state index is 0.0893. The van der Waals surface area contributed by atoms with Crippen LogP contribution >= 0.6 is 0 Å². The van der Waals surface area contributed by atoms with Crippen LogP contribution in [0.15, 0.2) is 0 Å². The first-order valence-electron chi connectivity index (χ1n) is 6.91. The summed E-state index contributed by atoms with van der Waals surface area (Å²) in [6, 6.07) is 0. The summed E-state index contributed by atoms with van der Waals surface area (Å²) in [4.78, 5) is 24.3. The Bertz CT molecular complexity index is 513. The number of hydrogen-bond donors (Lipinski definition) is 1. The van der Waals surface area contributed by atoms with Gasteiger partial charge in [-0.25, -0.2) is 8.42 Å². The van der Waals surface area contributed by atoms with E-state index in [1.54, 1.807) is 13.8 Å². The summed E-state index contributed by atoms with van der Waals surface area (Å²) >= 11 is 0. The average molecular weight is 303 g/mol. The zero-order valence-corrected chi connectivity index (χ0v) is 12.8. The molecule has 1 N–H and O–H groups in total. The number of carbonyl (C=O) groups excluding carboxylic acids is 2. The first-order valence-corrected chi connectivity index (χ1v) is 8.80. The summed E-state index contributed by atoms with van der Waals surface area (Å²) in [5, 5.41) is 0. The molecule has 114 valence electrons. The molecule has 2 unspecified atom stereocenters. The molecule has 0 heterocycles. The molecule has 4 atom stereocenters. The second-order valence-corrected chi connectivity index (χ2v) is 7.86. The molecule has 0 spiro atoms. The molecule has 0 aromatic heterocycles. The van der Waals surface area contributed by atoms with Crippen molar-refractivity contribution in [1.82, 2.24) is 4.72 Å². The monoisotopic (exact) mass is 303 g/mol. The number of carbonyl (C=O) groups is 2. The van der Waals surface area contributed by atoms with Crippen LogP contribution in [0.25, 0.3) is 0 Å². The standard InChI is InChI=1S/C13H21NO5S/c1-7(2)19-13(16)11-9-5-4-8(6-9)10(11)12(15)14-20(3,17)18/h7-11H,4-6H2,1-3H3,(H,14,15)/t8?,9?,10-,11+/m1/s1. The Hall–Kier alpha value is -1.11. The van der Waals surface area contributed by atoms with Crippen molar-refractivity contribution in [1.29, 1.82) is 0 Å². The maximum atomic E-state index is 12.2. The molecule has 0 radical (unpaired) electrons. The van der Waals surface area contributed by atoms with Gasteiger partial charge in [-0.3, -0.25) is 14.3 Å². The van der Waals surface area contributed by atoms with Crippen LogP contribution in [0, 0.1) is 23.7 Å². The lowest BCUT2D eigenvalue weighted by molar-refractivity contribution is -0.158. The van der Waals surface area contributed by atoms with Crippen LogP contribution in [0.2, 0.25) is 0 Å². The molecule has 2 saturated carbocycles. The minimum atomic E-state index is -3.60.